The maximum Gasteiger partial charge on any atom is 0.317 e. The molecule has 1 aromatic rings. The lowest BCUT2D eigenvalue weighted by molar-refractivity contribution is 0.0663. The molecule has 6 heteroatoms. The maximum atomic E-state index is 12.5. The van der Waals surface area contributed by atoms with E-state index in [1.54, 1.807) is 9.80 Å². The second-order valence-electron chi connectivity index (χ2n) is 5.36. The number of hydrogen-bond acceptors (Lipinski definition) is 2. The molecule has 1 aliphatic rings. The molecule has 0 aliphatic carbocycles. The number of piperazine rings is 1. The predicted molar refractivity (Wildman–Crippen MR) is 85.3 cm³/mol. The Kier molecular flexibility index (Phi) is 5.22. The molecule has 0 radical (unpaired) electrons. The Morgan fingerprint density at radius 2 is 1.67 bits per heavy atom. The molecule has 1 heterocycles. The summed E-state index contributed by atoms with van der Waals surface area (Å²) < 4.78 is 0.801. The van der Waals surface area contributed by atoms with Crippen molar-refractivity contribution in [2.24, 2.45) is 0 Å². The zero-order chi connectivity index (χ0) is 15.4. The smallest absolute Gasteiger partial charge is 0.317 e. The van der Waals surface area contributed by atoms with Crippen LogP contribution in [0.25, 0.3) is 0 Å². The summed E-state index contributed by atoms with van der Waals surface area (Å²) in [4.78, 5) is 27.9. The van der Waals surface area contributed by atoms with Gasteiger partial charge >= 0.3 is 6.03 Å². The van der Waals surface area contributed by atoms with E-state index in [9.17, 15) is 9.59 Å². The fraction of sp³-hybridized carbons (Fsp3) is 0.467. The van der Waals surface area contributed by atoms with E-state index in [2.05, 4.69) is 21.2 Å². The summed E-state index contributed by atoms with van der Waals surface area (Å²) in [5.74, 6) is 0.00592. The van der Waals surface area contributed by atoms with Crippen molar-refractivity contribution in [3.63, 3.8) is 0 Å². The van der Waals surface area contributed by atoms with Crippen molar-refractivity contribution in [1.29, 1.82) is 0 Å². The summed E-state index contributed by atoms with van der Waals surface area (Å²) in [5.41, 5.74) is 0.664. The molecular weight excluding hydrogens is 334 g/mol. The van der Waals surface area contributed by atoms with Gasteiger partial charge in [-0.05, 0) is 41.9 Å². The highest BCUT2D eigenvalue weighted by Crippen LogP contribution is 2.18. The highest BCUT2D eigenvalue weighted by atomic mass is 79.9. The summed E-state index contributed by atoms with van der Waals surface area (Å²) in [6, 6.07) is 7.47. The van der Waals surface area contributed by atoms with Gasteiger partial charge in [0, 0.05) is 36.7 Å². The van der Waals surface area contributed by atoms with Crippen molar-refractivity contribution in [1.82, 2.24) is 15.1 Å². The third kappa shape index (κ3) is 3.97. The Hall–Kier alpha value is -1.56. The molecule has 1 fully saturated rings. The van der Waals surface area contributed by atoms with Gasteiger partial charge in [-0.1, -0.05) is 12.1 Å². The van der Waals surface area contributed by atoms with Gasteiger partial charge in [-0.15, -0.1) is 0 Å². The average Bonchev–Trinajstić information content (AvgIpc) is 2.46. The van der Waals surface area contributed by atoms with Crippen LogP contribution in [-0.4, -0.2) is 54.0 Å². The zero-order valence-electron chi connectivity index (χ0n) is 12.3. The molecule has 21 heavy (non-hydrogen) atoms. The van der Waals surface area contributed by atoms with Crippen molar-refractivity contribution >= 4 is 27.9 Å². The van der Waals surface area contributed by atoms with Gasteiger partial charge in [0.15, 0.2) is 0 Å². The largest absolute Gasteiger partial charge is 0.336 e. The normalized spacial score (nSPS) is 15.2. The maximum absolute atomic E-state index is 12.5. The molecule has 0 saturated carbocycles. The number of benzene rings is 1. The van der Waals surface area contributed by atoms with Gasteiger partial charge in [0.05, 0.1) is 5.56 Å². The Bertz CT molecular complexity index is 525. The molecule has 1 aromatic carbocycles. The first-order chi connectivity index (χ1) is 9.99. The molecule has 2 rings (SSSR count). The first kappa shape index (κ1) is 15.8. The average molecular weight is 354 g/mol. The Labute approximate surface area is 133 Å². The summed E-state index contributed by atoms with van der Waals surface area (Å²) >= 11 is 3.40. The Morgan fingerprint density at radius 3 is 2.24 bits per heavy atom. The van der Waals surface area contributed by atoms with Crippen LogP contribution >= 0.6 is 15.9 Å². The lowest BCUT2D eigenvalue weighted by Crippen LogP contribution is -2.54. The minimum atomic E-state index is -0.0574. The van der Waals surface area contributed by atoms with E-state index in [-0.39, 0.29) is 18.0 Å². The van der Waals surface area contributed by atoms with Gasteiger partial charge in [-0.3, -0.25) is 4.79 Å². The first-order valence-corrected chi connectivity index (χ1v) is 7.87. The number of carbonyl (C=O) groups excluding carboxylic acids is 2. The third-order valence-electron chi connectivity index (χ3n) is 3.37. The van der Waals surface area contributed by atoms with Crippen molar-refractivity contribution in [2.75, 3.05) is 26.2 Å². The molecule has 1 aliphatic heterocycles. The van der Waals surface area contributed by atoms with Gasteiger partial charge < -0.3 is 15.1 Å². The first-order valence-electron chi connectivity index (χ1n) is 7.08. The standard InChI is InChI=1S/C15H20BrN3O2/c1-11(2)17-15(21)19-9-7-18(8-10-19)14(20)12-5-3-4-6-13(12)16/h3-6,11H,7-10H2,1-2H3,(H,17,21). The molecule has 1 N–H and O–H groups in total. The second-order valence-corrected chi connectivity index (χ2v) is 6.22. The number of halogens is 1. The van der Waals surface area contributed by atoms with Gasteiger partial charge in [0.2, 0.25) is 0 Å². The number of rotatable bonds is 2. The summed E-state index contributed by atoms with van der Waals surface area (Å²) in [5, 5.41) is 2.87. The van der Waals surface area contributed by atoms with Crippen LogP contribution in [-0.2, 0) is 0 Å². The monoisotopic (exact) mass is 353 g/mol. The van der Waals surface area contributed by atoms with Gasteiger partial charge in [-0.25, -0.2) is 4.79 Å². The Morgan fingerprint density at radius 1 is 1.10 bits per heavy atom. The highest BCUT2D eigenvalue weighted by molar-refractivity contribution is 9.10. The summed E-state index contributed by atoms with van der Waals surface area (Å²) in [7, 11) is 0. The lowest BCUT2D eigenvalue weighted by Gasteiger charge is -2.35. The van der Waals surface area contributed by atoms with Crippen molar-refractivity contribution in [3.8, 4) is 0 Å². The molecule has 0 bridgehead atoms. The van der Waals surface area contributed by atoms with Crippen molar-refractivity contribution in [3.05, 3.63) is 34.3 Å². The quantitative estimate of drug-likeness (QED) is 0.886. The Balaban J connectivity index is 1.94. The highest BCUT2D eigenvalue weighted by Gasteiger charge is 2.25. The van der Waals surface area contributed by atoms with Crippen LogP contribution in [0.15, 0.2) is 28.7 Å². The molecule has 3 amide bonds. The van der Waals surface area contributed by atoms with Crippen LogP contribution in [0.2, 0.25) is 0 Å². The molecule has 0 atom stereocenters. The van der Waals surface area contributed by atoms with E-state index >= 15 is 0 Å². The molecule has 5 nitrogen and oxygen atoms in total. The van der Waals surface area contributed by atoms with E-state index < -0.39 is 0 Å². The molecule has 114 valence electrons. The van der Waals surface area contributed by atoms with Crippen LogP contribution in [0.1, 0.15) is 24.2 Å². The molecule has 1 saturated heterocycles. The van der Waals surface area contributed by atoms with E-state index in [1.807, 2.05) is 38.1 Å². The third-order valence-corrected chi connectivity index (χ3v) is 4.06. The van der Waals surface area contributed by atoms with E-state index in [0.29, 0.717) is 31.7 Å². The lowest BCUT2D eigenvalue weighted by atomic mass is 10.2. The summed E-state index contributed by atoms with van der Waals surface area (Å²) in [6.07, 6.45) is 0. The minimum absolute atomic E-state index is 0.00592. The van der Waals surface area contributed by atoms with Gasteiger partial charge in [0.25, 0.3) is 5.91 Å². The number of nitrogens with one attached hydrogen (secondary N) is 1. The molecule has 0 unspecified atom stereocenters. The number of amides is 3. The van der Waals surface area contributed by atoms with Crippen LogP contribution in [0.5, 0.6) is 0 Å². The topological polar surface area (TPSA) is 52.7 Å². The van der Waals surface area contributed by atoms with Crippen molar-refractivity contribution in [2.45, 2.75) is 19.9 Å². The van der Waals surface area contributed by atoms with Gasteiger partial charge in [0.1, 0.15) is 0 Å². The van der Waals surface area contributed by atoms with Crippen molar-refractivity contribution < 1.29 is 9.59 Å². The number of nitrogens with zero attached hydrogens (tertiary/aromatic N) is 2. The SMILES string of the molecule is CC(C)NC(=O)N1CCN(C(=O)c2ccccc2Br)CC1. The van der Waals surface area contributed by atoms with Crippen LogP contribution in [0.3, 0.4) is 0 Å². The fourth-order valence-electron chi connectivity index (χ4n) is 2.26. The minimum Gasteiger partial charge on any atom is -0.336 e. The molecule has 0 aromatic heterocycles. The second kappa shape index (κ2) is 6.93. The zero-order valence-corrected chi connectivity index (χ0v) is 13.9. The molecular formula is C15H20BrN3O2. The van der Waals surface area contributed by atoms with E-state index in [0.717, 1.165) is 4.47 Å². The number of urea groups is 1. The summed E-state index contributed by atoms with van der Waals surface area (Å²) in [6.45, 7) is 6.12. The van der Waals surface area contributed by atoms with Gasteiger partial charge in [-0.2, -0.15) is 0 Å². The number of hydrogen-bond donors (Lipinski definition) is 1. The predicted octanol–water partition coefficient (Wildman–Crippen LogP) is 2.32. The van der Waals surface area contributed by atoms with Crippen LogP contribution in [0.4, 0.5) is 4.79 Å². The van der Waals surface area contributed by atoms with E-state index in [1.165, 1.54) is 0 Å². The molecule has 0 spiro atoms. The van der Waals surface area contributed by atoms with Crippen LogP contribution < -0.4 is 5.32 Å². The van der Waals surface area contributed by atoms with Crippen LogP contribution in [0, 0.1) is 0 Å². The number of carbonyl (C=O) groups is 2. The fourth-order valence-corrected chi connectivity index (χ4v) is 2.71. The van der Waals surface area contributed by atoms with E-state index in [4.69, 9.17) is 0 Å².